The van der Waals surface area contributed by atoms with Crippen LogP contribution in [0.1, 0.15) is 36.5 Å². The second-order valence-corrected chi connectivity index (χ2v) is 17.5. The Bertz CT molecular complexity index is 1990. The van der Waals surface area contributed by atoms with Gasteiger partial charge in [0, 0.05) is 18.0 Å². The van der Waals surface area contributed by atoms with E-state index in [2.05, 4.69) is 10.3 Å². The molecule has 18 nitrogen and oxygen atoms in total. The van der Waals surface area contributed by atoms with E-state index in [9.17, 15) is 22.8 Å². The number of fused-ring (bicyclic) bond motifs is 2. The van der Waals surface area contributed by atoms with E-state index in [1.807, 2.05) is 26.2 Å². The Kier molecular flexibility index (Phi) is 15.4. The lowest BCUT2D eigenvalue weighted by atomic mass is 10.0. The van der Waals surface area contributed by atoms with E-state index in [4.69, 9.17) is 47.7 Å². The maximum absolute atomic E-state index is 14.4. The normalized spacial score (nSPS) is 19.4. The van der Waals surface area contributed by atoms with Crippen LogP contribution in [0.25, 0.3) is 0 Å². The largest absolute Gasteiger partial charge is 0.487 e. The number of aromatic nitrogens is 1. The van der Waals surface area contributed by atoms with Gasteiger partial charge in [-0.15, -0.1) is 11.3 Å². The molecule has 1 amide bonds. The summed E-state index contributed by atoms with van der Waals surface area (Å²) in [6.45, 7) is 4.74. The standard InChI is InChI=1S/C39H49N3O15S2/c1-24(2)16-42(59(47,48)29-8-9-32-33(15-29)55-23-54-32)17-34(56-37(45)21-50-13-12-49-20-36(43)44)31(41-39(46)57-35-19-53-38-30(35)10-11-51-38)14-26-4-6-28(7-5-26)52-18-27-22-58-25(3)40-27/h4-9,15,22,24,30-31,34-35,38H,10-14,16-21,23H2,1-3H3,(H,41,46)(H,43,44)/t30-,31-,34+,35-,38+/m0/s1. The summed E-state index contributed by atoms with van der Waals surface area (Å²) in [4.78, 5) is 42.3. The number of hydrogen-bond donors (Lipinski definition) is 2. The van der Waals surface area contributed by atoms with E-state index in [0.29, 0.717) is 30.1 Å². The summed E-state index contributed by atoms with van der Waals surface area (Å²) < 4.78 is 80.3. The molecule has 2 saturated heterocycles. The van der Waals surface area contributed by atoms with Crippen LogP contribution in [0.5, 0.6) is 17.2 Å². The number of nitrogens with one attached hydrogen (secondary N) is 1. The van der Waals surface area contributed by atoms with E-state index in [-0.39, 0.29) is 75.2 Å². The minimum Gasteiger partial charge on any atom is -0.487 e. The molecule has 322 valence electrons. The smallest absolute Gasteiger partial charge is 0.407 e. The number of carbonyl (C=O) groups excluding carboxylic acids is 2. The summed E-state index contributed by atoms with van der Waals surface area (Å²) in [6.07, 6.45) is -2.47. The molecule has 5 atom stereocenters. The fourth-order valence-corrected chi connectivity index (χ4v) is 8.93. The van der Waals surface area contributed by atoms with E-state index < -0.39 is 65.8 Å². The molecule has 2 fully saturated rings. The number of ether oxygens (including phenoxy) is 9. The lowest BCUT2D eigenvalue weighted by molar-refractivity contribution is -0.157. The second-order valence-electron chi connectivity index (χ2n) is 14.5. The number of benzene rings is 2. The molecule has 6 rings (SSSR count). The number of aliphatic carboxylic acids is 1. The minimum absolute atomic E-state index is 0.0203. The van der Waals surface area contributed by atoms with E-state index >= 15 is 0 Å². The Balaban J connectivity index is 1.26. The topological polar surface area (TPSA) is 217 Å². The first kappa shape index (κ1) is 44.0. The number of carbonyl (C=O) groups is 3. The van der Waals surface area contributed by atoms with Crippen molar-refractivity contribution in [2.24, 2.45) is 11.8 Å². The minimum atomic E-state index is -4.26. The first-order valence-electron chi connectivity index (χ1n) is 19.1. The monoisotopic (exact) mass is 863 g/mol. The molecule has 0 bridgehead atoms. The number of amides is 1. The Hall–Kier alpha value is -4.57. The third kappa shape index (κ3) is 12.5. The predicted octanol–water partition coefficient (Wildman–Crippen LogP) is 3.53. The number of sulfonamides is 1. The second kappa shape index (κ2) is 20.6. The average Bonchev–Trinajstić information content (AvgIpc) is 4.02. The van der Waals surface area contributed by atoms with Gasteiger partial charge in [0.2, 0.25) is 16.8 Å². The van der Waals surface area contributed by atoms with Gasteiger partial charge in [0.15, 0.2) is 17.8 Å². The molecule has 20 heteroatoms. The lowest BCUT2D eigenvalue weighted by Gasteiger charge is -2.33. The Morgan fingerprint density at radius 3 is 2.51 bits per heavy atom. The molecule has 0 radical (unpaired) electrons. The van der Waals surface area contributed by atoms with Crippen molar-refractivity contribution in [3.8, 4) is 17.2 Å². The molecular weight excluding hydrogens is 815 g/mol. The van der Waals surface area contributed by atoms with Gasteiger partial charge in [-0.05, 0) is 55.5 Å². The maximum Gasteiger partial charge on any atom is 0.407 e. The highest BCUT2D eigenvalue weighted by Crippen LogP contribution is 2.35. The van der Waals surface area contributed by atoms with Crippen LogP contribution in [0.4, 0.5) is 4.79 Å². The fraction of sp³-hybridized carbons (Fsp3) is 0.538. The first-order valence-corrected chi connectivity index (χ1v) is 21.5. The van der Waals surface area contributed by atoms with Crippen molar-refractivity contribution < 1.29 is 70.5 Å². The van der Waals surface area contributed by atoms with Gasteiger partial charge in [-0.1, -0.05) is 26.0 Å². The van der Waals surface area contributed by atoms with Crippen molar-refractivity contribution in [2.75, 3.05) is 59.5 Å². The third-order valence-electron chi connectivity index (χ3n) is 9.46. The van der Waals surface area contributed by atoms with Crippen molar-refractivity contribution in [3.05, 3.63) is 64.1 Å². The molecule has 3 aromatic rings. The molecule has 0 spiro atoms. The Labute approximate surface area is 346 Å². The molecule has 2 N–H and O–H groups in total. The number of carboxylic acids is 1. The number of carboxylic acid groups (broad SMARTS) is 1. The zero-order valence-corrected chi connectivity index (χ0v) is 34.6. The molecule has 0 unspecified atom stereocenters. The predicted molar refractivity (Wildman–Crippen MR) is 208 cm³/mol. The van der Waals surface area contributed by atoms with Gasteiger partial charge in [0.05, 0.1) is 60.5 Å². The van der Waals surface area contributed by atoms with Crippen LogP contribution in [-0.2, 0) is 61.1 Å². The van der Waals surface area contributed by atoms with Gasteiger partial charge in [-0.25, -0.2) is 27.8 Å². The number of nitrogens with zero attached hydrogens (tertiary/aromatic N) is 2. The Morgan fingerprint density at radius 2 is 1.78 bits per heavy atom. The van der Waals surface area contributed by atoms with Gasteiger partial charge < -0.3 is 53.1 Å². The van der Waals surface area contributed by atoms with Crippen molar-refractivity contribution >= 4 is 39.4 Å². The van der Waals surface area contributed by atoms with Crippen LogP contribution in [0, 0.1) is 18.8 Å². The number of rotatable bonds is 22. The number of aryl methyl sites for hydroxylation is 1. The number of hydrogen-bond acceptors (Lipinski definition) is 16. The molecule has 59 heavy (non-hydrogen) atoms. The van der Waals surface area contributed by atoms with Crippen LogP contribution >= 0.6 is 11.3 Å². The van der Waals surface area contributed by atoms with E-state index in [1.165, 1.54) is 33.8 Å². The van der Waals surface area contributed by atoms with Crippen molar-refractivity contribution in [1.29, 1.82) is 0 Å². The molecule has 3 aliphatic heterocycles. The van der Waals surface area contributed by atoms with Crippen LogP contribution < -0.4 is 19.5 Å². The van der Waals surface area contributed by atoms with E-state index in [1.54, 1.807) is 24.3 Å². The first-order chi connectivity index (χ1) is 28.3. The SMILES string of the molecule is Cc1nc(COc2ccc(C[C@H](NC(=O)O[C@H]3CO[C@H]4OCC[C@H]43)[C@@H](CN(CC(C)C)S(=O)(=O)c3ccc4c(c3)OCO4)OC(=O)COCCOCC(=O)O)cc2)cs1. The van der Waals surface area contributed by atoms with Crippen LogP contribution in [-0.4, -0.2) is 125 Å². The highest BCUT2D eigenvalue weighted by Gasteiger charge is 2.44. The highest BCUT2D eigenvalue weighted by molar-refractivity contribution is 7.89. The lowest BCUT2D eigenvalue weighted by Crippen LogP contribution is -2.53. The molecule has 3 aliphatic rings. The zero-order chi connectivity index (χ0) is 41.9. The molecule has 0 aliphatic carbocycles. The van der Waals surface area contributed by atoms with Gasteiger partial charge >= 0.3 is 18.0 Å². The number of thiazole rings is 1. The summed E-state index contributed by atoms with van der Waals surface area (Å²) in [6, 6.07) is 10.4. The fourth-order valence-electron chi connectivity index (χ4n) is 6.70. The van der Waals surface area contributed by atoms with E-state index in [0.717, 1.165) is 10.7 Å². The van der Waals surface area contributed by atoms with Crippen molar-refractivity contribution in [1.82, 2.24) is 14.6 Å². The zero-order valence-electron chi connectivity index (χ0n) is 32.9. The van der Waals surface area contributed by atoms with Gasteiger partial charge in [-0.2, -0.15) is 4.31 Å². The van der Waals surface area contributed by atoms with Gasteiger partial charge in [0.25, 0.3) is 0 Å². The maximum atomic E-state index is 14.4. The number of alkyl carbamates (subject to hydrolysis) is 1. The van der Waals surface area contributed by atoms with Crippen molar-refractivity contribution in [2.45, 2.75) is 69.7 Å². The summed E-state index contributed by atoms with van der Waals surface area (Å²) in [5.74, 6) is -1.11. The molecule has 4 heterocycles. The summed E-state index contributed by atoms with van der Waals surface area (Å²) in [5.41, 5.74) is 1.49. The summed E-state index contributed by atoms with van der Waals surface area (Å²) >= 11 is 1.53. The Morgan fingerprint density at radius 1 is 1.02 bits per heavy atom. The molecule has 1 aromatic heterocycles. The van der Waals surface area contributed by atoms with Crippen LogP contribution in [0.2, 0.25) is 0 Å². The van der Waals surface area contributed by atoms with Crippen molar-refractivity contribution in [3.63, 3.8) is 0 Å². The van der Waals surface area contributed by atoms with Crippen LogP contribution in [0.15, 0.2) is 52.7 Å². The number of esters is 1. The van der Waals surface area contributed by atoms with Crippen LogP contribution in [0.3, 0.4) is 0 Å². The average molecular weight is 864 g/mol. The third-order valence-corrected chi connectivity index (χ3v) is 12.1. The molecule has 0 saturated carbocycles. The quantitative estimate of drug-likeness (QED) is 0.109. The van der Waals surface area contributed by atoms with Gasteiger partial charge in [-0.3, -0.25) is 0 Å². The highest BCUT2D eigenvalue weighted by atomic mass is 32.2. The van der Waals surface area contributed by atoms with Gasteiger partial charge in [0.1, 0.15) is 37.8 Å². The summed E-state index contributed by atoms with van der Waals surface area (Å²) in [5, 5.41) is 14.5. The molecule has 2 aromatic carbocycles. The molecular formula is C39H49N3O15S2. The summed E-state index contributed by atoms with van der Waals surface area (Å²) in [7, 11) is -4.26.